The molecule has 4 heteroatoms. The number of carbonyl (C=O) groups excluding carboxylic acids is 1. The molecule has 1 heterocycles. The van der Waals surface area contributed by atoms with Crippen LogP contribution in [0.1, 0.15) is 6.42 Å². The van der Waals surface area contributed by atoms with Crippen molar-refractivity contribution in [1.82, 2.24) is 5.32 Å². The lowest BCUT2D eigenvalue weighted by Crippen LogP contribution is -2.44. The molecular formula is C5H9N3O. The van der Waals surface area contributed by atoms with Gasteiger partial charge in [0.1, 0.15) is 0 Å². The Balaban J connectivity index is 2.65. The smallest absolute Gasteiger partial charge is 0.242 e. The Morgan fingerprint density at radius 3 is 2.89 bits per heavy atom. The first kappa shape index (κ1) is 6.10. The summed E-state index contributed by atoms with van der Waals surface area (Å²) in [6.07, 6.45) is 2.24. The number of nitrogens with two attached hydrogens (primary N) is 2. The number of hydrogen-bond donors (Lipinski definition) is 3. The van der Waals surface area contributed by atoms with Crippen LogP contribution in [-0.4, -0.2) is 11.9 Å². The van der Waals surface area contributed by atoms with Gasteiger partial charge in [0, 0.05) is 0 Å². The second-order valence-corrected chi connectivity index (χ2v) is 1.99. The van der Waals surface area contributed by atoms with Gasteiger partial charge in [0.25, 0.3) is 0 Å². The van der Waals surface area contributed by atoms with Crippen LogP contribution in [-0.2, 0) is 4.79 Å². The minimum atomic E-state index is -0.419. The van der Waals surface area contributed by atoms with E-state index in [-0.39, 0.29) is 5.91 Å². The van der Waals surface area contributed by atoms with Crippen molar-refractivity contribution in [1.29, 1.82) is 0 Å². The van der Waals surface area contributed by atoms with Crippen molar-refractivity contribution < 1.29 is 4.79 Å². The second-order valence-electron chi connectivity index (χ2n) is 1.99. The van der Waals surface area contributed by atoms with E-state index in [1.165, 1.54) is 0 Å². The molecule has 0 aromatic rings. The average molecular weight is 127 g/mol. The van der Waals surface area contributed by atoms with Gasteiger partial charge in [-0.3, -0.25) is 4.79 Å². The Morgan fingerprint density at radius 2 is 2.44 bits per heavy atom. The van der Waals surface area contributed by atoms with Crippen LogP contribution in [0.25, 0.3) is 0 Å². The lowest BCUT2D eigenvalue weighted by molar-refractivity contribution is -0.121. The third-order valence-electron chi connectivity index (χ3n) is 1.20. The summed E-state index contributed by atoms with van der Waals surface area (Å²) in [7, 11) is 0. The van der Waals surface area contributed by atoms with Crippen molar-refractivity contribution in [3.05, 3.63) is 11.9 Å². The summed E-state index contributed by atoms with van der Waals surface area (Å²) >= 11 is 0. The summed E-state index contributed by atoms with van der Waals surface area (Å²) in [5.41, 5.74) is 10.6. The lowest BCUT2D eigenvalue weighted by atomic mass is 10.1. The molecular weight excluding hydrogens is 118 g/mol. The largest absolute Gasteiger partial charge is 0.385 e. The van der Waals surface area contributed by atoms with Crippen molar-refractivity contribution in [2.45, 2.75) is 12.5 Å². The molecule has 4 nitrogen and oxygen atoms in total. The first-order valence-electron chi connectivity index (χ1n) is 2.72. The van der Waals surface area contributed by atoms with Gasteiger partial charge in [0.2, 0.25) is 5.91 Å². The van der Waals surface area contributed by atoms with Crippen LogP contribution in [0, 0.1) is 0 Å². The quantitative estimate of drug-likeness (QED) is 0.375. The average Bonchev–Trinajstić information content (AvgIpc) is 1.80. The van der Waals surface area contributed by atoms with Crippen molar-refractivity contribution in [2.24, 2.45) is 11.5 Å². The standard InChI is InChI=1S/C5H9N3O/c6-3-1-2-4(7)8-5(3)9/h2-3H,1,6-7H2,(H,8,9). The molecule has 1 amide bonds. The number of amides is 1. The summed E-state index contributed by atoms with van der Waals surface area (Å²) in [6.45, 7) is 0. The molecule has 0 fully saturated rings. The molecule has 0 aliphatic carbocycles. The first-order valence-corrected chi connectivity index (χ1v) is 2.72. The highest BCUT2D eigenvalue weighted by atomic mass is 16.2. The molecule has 0 aromatic carbocycles. The van der Waals surface area contributed by atoms with Gasteiger partial charge >= 0.3 is 0 Å². The van der Waals surface area contributed by atoms with Gasteiger partial charge < -0.3 is 16.8 Å². The third-order valence-corrected chi connectivity index (χ3v) is 1.20. The van der Waals surface area contributed by atoms with Gasteiger partial charge in [0.15, 0.2) is 0 Å². The zero-order valence-corrected chi connectivity index (χ0v) is 4.92. The molecule has 5 N–H and O–H groups in total. The number of hydrogen-bond acceptors (Lipinski definition) is 3. The maximum atomic E-state index is 10.6. The summed E-state index contributed by atoms with van der Waals surface area (Å²) in [4.78, 5) is 10.6. The second kappa shape index (κ2) is 2.06. The minimum Gasteiger partial charge on any atom is -0.385 e. The molecule has 9 heavy (non-hydrogen) atoms. The normalized spacial score (nSPS) is 27.0. The summed E-state index contributed by atoms with van der Waals surface area (Å²) in [5, 5.41) is 2.40. The molecule has 50 valence electrons. The molecule has 0 aromatic heterocycles. The molecule has 1 rings (SSSR count). The van der Waals surface area contributed by atoms with Crippen molar-refractivity contribution in [3.8, 4) is 0 Å². The van der Waals surface area contributed by atoms with Crippen LogP contribution in [0.3, 0.4) is 0 Å². The van der Waals surface area contributed by atoms with Gasteiger partial charge in [-0.2, -0.15) is 0 Å². The van der Waals surface area contributed by atoms with E-state index < -0.39 is 6.04 Å². The fourth-order valence-corrected chi connectivity index (χ4v) is 0.647. The molecule has 1 aliphatic heterocycles. The van der Waals surface area contributed by atoms with Gasteiger partial charge in [-0.15, -0.1) is 0 Å². The van der Waals surface area contributed by atoms with Gasteiger partial charge in [-0.25, -0.2) is 0 Å². The zero-order valence-electron chi connectivity index (χ0n) is 4.92. The van der Waals surface area contributed by atoms with E-state index in [0.717, 1.165) is 0 Å². The van der Waals surface area contributed by atoms with Crippen molar-refractivity contribution >= 4 is 5.91 Å². The predicted octanol–water partition coefficient (Wildman–Crippen LogP) is -1.37. The molecule has 1 unspecified atom stereocenters. The molecule has 0 saturated carbocycles. The van der Waals surface area contributed by atoms with Crippen LogP contribution in [0.5, 0.6) is 0 Å². The highest BCUT2D eigenvalue weighted by molar-refractivity contribution is 5.84. The SMILES string of the molecule is NC1=CCC(N)C(=O)N1. The Kier molecular flexibility index (Phi) is 1.40. The van der Waals surface area contributed by atoms with Crippen LogP contribution >= 0.6 is 0 Å². The number of rotatable bonds is 0. The van der Waals surface area contributed by atoms with Gasteiger partial charge in [0.05, 0.1) is 11.9 Å². The van der Waals surface area contributed by atoms with E-state index in [2.05, 4.69) is 5.32 Å². The minimum absolute atomic E-state index is 0.199. The van der Waals surface area contributed by atoms with E-state index in [0.29, 0.717) is 12.2 Å². The van der Waals surface area contributed by atoms with E-state index in [1.807, 2.05) is 0 Å². The maximum absolute atomic E-state index is 10.6. The summed E-state index contributed by atoms with van der Waals surface area (Å²) in [5.74, 6) is 0.205. The van der Waals surface area contributed by atoms with E-state index in [1.54, 1.807) is 6.08 Å². The van der Waals surface area contributed by atoms with Crippen LogP contribution in [0.4, 0.5) is 0 Å². The van der Waals surface area contributed by atoms with Gasteiger partial charge in [-0.1, -0.05) is 0 Å². The molecule has 0 bridgehead atoms. The van der Waals surface area contributed by atoms with E-state index in [9.17, 15) is 4.79 Å². The van der Waals surface area contributed by atoms with Crippen LogP contribution in [0.2, 0.25) is 0 Å². The first-order chi connectivity index (χ1) is 4.20. The highest BCUT2D eigenvalue weighted by Gasteiger charge is 2.16. The van der Waals surface area contributed by atoms with Crippen LogP contribution in [0.15, 0.2) is 11.9 Å². The monoisotopic (exact) mass is 127 g/mol. The molecule has 0 radical (unpaired) electrons. The zero-order chi connectivity index (χ0) is 6.85. The Labute approximate surface area is 52.9 Å². The molecule has 1 aliphatic rings. The van der Waals surface area contributed by atoms with E-state index in [4.69, 9.17) is 11.5 Å². The Bertz CT molecular complexity index is 164. The Morgan fingerprint density at radius 1 is 1.78 bits per heavy atom. The third kappa shape index (κ3) is 1.20. The van der Waals surface area contributed by atoms with Crippen molar-refractivity contribution in [2.75, 3.05) is 0 Å². The topological polar surface area (TPSA) is 81.1 Å². The Hall–Kier alpha value is -1.03. The van der Waals surface area contributed by atoms with E-state index >= 15 is 0 Å². The lowest BCUT2D eigenvalue weighted by Gasteiger charge is -2.15. The molecule has 1 atom stereocenters. The predicted molar refractivity (Wildman–Crippen MR) is 33.0 cm³/mol. The maximum Gasteiger partial charge on any atom is 0.242 e. The molecule has 0 saturated heterocycles. The fraction of sp³-hybridized carbons (Fsp3) is 0.400. The van der Waals surface area contributed by atoms with Crippen molar-refractivity contribution in [3.63, 3.8) is 0 Å². The fourth-order valence-electron chi connectivity index (χ4n) is 0.647. The summed E-state index contributed by atoms with van der Waals surface area (Å²) < 4.78 is 0. The summed E-state index contributed by atoms with van der Waals surface area (Å²) in [6, 6.07) is -0.419. The molecule has 0 spiro atoms. The number of carbonyl (C=O) groups is 1. The number of nitrogens with one attached hydrogen (secondary N) is 1. The van der Waals surface area contributed by atoms with Crippen LogP contribution < -0.4 is 16.8 Å². The van der Waals surface area contributed by atoms with Gasteiger partial charge in [-0.05, 0) is 12.5 Å². The highest BCUT2D eigenvalue weighted by Crippen LogP contribution is 1.98.